The van der Waals surface area contributed by atoms with E-state index in [1.165, 1.54) is 18.2 Å². The Bertz CT molecular complexity index is 850. The lowest BCUT2D eigenvalue weighted by atomic mass is 10.2. The summed E-state index contributed by atoms with van der Waals surface area (Å²) < 4.78 is 41.0. The fraction of sp³-hybridized carbons (Fsp3) is 0. The Kier molecular flexibility index (Phi) is 4.52. The number of hydrogen-bond donors (Lipinski definition) is 1. The molecule has 0 spiro atoms. The van der Waals surface area contributed by atoms with Gasteiger partial charge in [-0.1, -0.05) is 33.6 Å². The molecular formula is C13H7BrClFN2O2S. The van der Waals surface area contributed by atoms with Crippen LogP contribution in [0, 0.1) is 17.1 Å². The Balaban J connectivity index is 2.52. The quantitative estimate of drug-likeness (QED) is 0.865. The maximum absolute atomic E-state index is 13.5. The van der Waals surface area contributed by atoms with Gasteiger partial charge in [-0.15, -0.1) is 0 Å². The summed E-state index contributed by atoms with van der Waals surface area (Å²) in [6, 6.07) is 9.53. The van der Waals surface area contributed by atoms with Gasteiger partial charge >= 0.3 is 0 Å². The third kappa shape index (κ3) is 3.35. The molecule has 0 saturated heterocycles. The van der Waals surface area contributed by atoms with Crippen LogP contribution in [-0.4, -0.2) is 8.42 Å². The number of nitrogens with one attached hydrogen (secondary N) is 1. The summed E-state index contributed by atoms with van der Waals surface area (Å²) in [5, 5.41) is 9.09. The number of rotatable bonds is 3. The Labute approximate surface area is 134 Å². The number of anilines is 1. The number of hydrogen-bond acceptors (Lipinski definition) is 3. The molecule has 0 aliphatic rings. The van der Waals surface area contributed by atoms with E-state index in [1.807, 2.05) is 0 Å². The molecule has 108 valence electrons. The van der Waals surface area contributed by atoms with Crippen molar-refractivity contribution >= 4 is 43.2 Å². The van der Waals surface area contributed by atoms with Gasteiger partial charge in [-0.25, -0.2) is 12.8 Å². The molecular weight excluding hydrogens is 383 g/mol. The van der Waals surface area contributed by atoms with Gasteiger partial charge in [-0.2, -0.15) is 5.26 Å². The standard InChI is InChI=1S/C13H7BrClFN2O2S/c14-8-4-5-10(15)12(6-8)18-21(19,20)13-3-1-2-11(16)9(13)7-17/h1-6,18H. The highest BCUT2D eigenvalue weighted by Gasteiger charge is 2.22. The second-order valence-corrected chi connectivity index (χ2v) is 6.93. The van der Waals surface area contributed by atoms with Gasteiger partial charge < -0.3 is 0 Å². The van der Waals surface area contributed by atoms with Crippen molar-refractivity contribution < 1.29 is 12.8 Å². The number of benzene rings is 2. The van der Waals surface area contributed by atoms with E-state index in [-0.39, 0.29) is 10.7 Å². The zero-order valence-corrected chi connectivity index (χ0v) is 13.4. The van der Waals surface area contributed by atoms with Crippen molar-refractivity contribution in [3.05, 3.63) is 57.3 Å². The van der Waals surface area contributed by atoms with Crippen LogP contribution in [0.3, 0.4) is 0 Å². The minimum Gasteiger partial charge on any atom is -0.278 e. The molecule has 1 N–H and O–H groups in total. The van der Waals surface area contributed by atoms with Crippen LogP contribution in [0.5, 0.6) is 0 Å². The summed E-state index contributed by atoms with van der Waals surface area (Å²) in [6.45, 7) is 0. The molecule has 0 bridgehead atoms. The van der Waals surface area contributed by atoms with Gasteiger partial charge in [0.2, 0.25) is 0 Å². The van der Waals surface area contributed by atoms with Gasteiger partial charge in [0.1, 0.15) is 22.3 Å². The predicted molar refractivity (Wildman–Crippen MR) is 81.1 cm³/mol. The summed E-state index contributed by atoms with van der Waals surface area (Å²) >= 11 is 9.10. The highest BCUT2D eigenvalue weighted by molar-refractivity contribution is 9.10. The van der Waals surface area contributed by atoms with Crippen LogP contribution in [0.25, 0.3) is 0 Å². The second kappa shape index (κ2) is 6.02. The average Bonchev–Trinajstić information content (AvgIpc) is 2.42. The van der Waals surface area contributed by atoms with Crippen molar-refractivity contribution in [3.8, 4) is 6.07 Å². The Morgan fingerprint density at radius 2 is 2.00 bits per heavy atom. The van der Waals surface area contributed by atoms with Crippen molar-refractivity contribution in [1.82, 2.24) is 0 Å². The SMILES string of the molecule is N#Cc1c(F)cccc1S(=O)(=O)Nc1cc(Br)ccc1Cl. The van der Waals surface area contributed by atoms with E-state index in [0.29, 0.717) is 4.47 Å². The Morgan fingerprint density at radius 1 is 1.29 bits per heavy atom. The lowest BCUT2D eigenvalue weighted by molar-refractivity contribution is 0.593. The van der Waals surface area contributed by atoms with Crippen LogP contribution >= 0.6 is 27.5 Å². The van der Waals surface area contributed by atoms with Crippen molar-refractivity contribution in [3.63, 3.8) is 0 Å². The van der Waals surface area contributed by atoms with Crippen LogP contribution in [0.2, 0.25) is 5.02 Å². The van der Waals surface area contributed by atoms with E-state index in [9.17, 15) is 12.8 Å². The van der Waals surface area contributed by atoms with Gasteiger partial charge in [0.05, 0.1) is 10.7 Å². The van der Waals surface area contributed by atoms with Crippen LogP contribution in [-0.2, 0) is 10.0 Å². The molecule has 2 aromatic rings. The van der Waals surface area contributed by atoms with Gasteiger partial charge in [-0.3, -0.25) is 4.72 Å². The van der Waals surface area contributed by atoms with Crippen molar-refractivity contribution in [1.29, 1.82) is 5.26 Å². The van der Waals surface area contributed by atoms with E-state index in [2.05, 4.69) is 20.7 Å². The Morgan fingerprint density at radius 3 is 2.67 bits per heavy atom. The molecule has 0 aliphatic heterocycles. The molecule has 2 rings (SSSR count). The number of nitriles is 1. The number of nitrogens with zero attached hydrogens (tertiary/aromatic N) is 1. The molecule has 2 aromatic carbocycles. The van der Waals surface area contributed by atoms with Crippen molar-refractivity contribution in [2.45, 2.75) is 4.90 Å². The largest absolute Gasteiger partial charge is 0.278 e. The lowest BCUT2D eigenvalue weighted by Crippen LogP contribution is -2.15. The number of halogens is 3. The normalized spacial score (nSPS) is 11.0. The van der Waals surface area contributed by atoms with Crippen LogP contribution in [0.15, 0.2) is 45.8 Å². The van der Waals surface area contributed by atoms with E-state index in [1.54, 1.807) is 12.1 Å². The smallest absolute Gasteiger partial charge is 0.263 e. The van der Waals surface area contributed by atoms with Gasteiger partial charge in [-0.05, 0) is 30.3 Å². The second-order valence-electron chi connectivity index (χ2n) is 3.95. The number of sulfonamides is 1. The molecule has 8 heteroatoms. The van der Waals surface area contributed by atoms with E-state index < -0.39 is 26.3 Å². The molecule has 0 unspecified atom stereocenters. The first-order chi connectivity index (χ1) is 9.85. The summed E-state index contributed by atoms with van der Waals surface area (Å²) in [5.74, 6) is -0.902. The molecule has 0 aromatic heterocycles. The maximum Gasteiger partial charge on any atom is 0.263 e. The molecule has 0 amide bonds. The molecule has 0 radical (unpaired) electrons. The van der Waals surface area contributed by atoms with Gasteiger partial charge in [0.15, 0.2) is 0 Å². The molecule has 0 fully saturated rings. The summed E-state index contributed by atoms with van der Waals surface area (Å²) in [4.78, 5) is -0.443. The van der Waals surface area contributed by atoms with Crippen LogP contribution < -0.4 is 4.72 Å². The first kappa shape index (κ1) is 15.8. The average molecular weight is 390 g/mol. The van der Waals surface area contributed by atoms with E-state index >= 15 is 0 Å². The third-order valence-electron chi connectivity index (χ3n) is 2.55. The third-order valence-corrected chi connectivity index (χ3v) is 4.78. The Hall–Kier alpha value is -1.62. The topological polar surface area (TPSA) is 70.0 Å². The monoisotopic (exact) mass is 388 g/mol. The van der Waals surface area contributed by atoms with Gasteiger partial charge in [0.25, 0.3) is 10.0 Å². The molecule has 0 atom stereocenters. The van der Waals surface area contributed by atoms with Crippen molar-refractivity contribution in [2.75, 3.05) is 4.72 Å². The van der Waals surface area contributed by atoms with Crippen molar-refractivity contribution in [2.24, 2.45) is 0 Å². The highest BCUT2D eigenvalue weighted by atomic mass is 79.9. The van der Waals surface area contributed by atoms with Crippen LogP contribution in [0.4, 0.5) is 10.1 Å². The highest BCUT2D eigenvalue weighted by Crippen LogP contribution is 2.29. The lowest BCUT2D eigenvalue weighted by Gasteiger charge is -2.11. The zero-order valence-electron chi connectivity index (χ0n) is 10.3. The fourth-order valence-electron chi connectivity index (χ4n) is 1.61. The fourth-order valence-corrected chi connectivity index (χ4v) is 3.43. The minimum absolute atomic E-state index is 0.124. The molecule has 0 heterocycles. The first-order valence-corrected chi connectivity index (χ1v) is 8.17. The molecule has 0 aliphatic carbocycles. The summed E-state index contributed by atoms with van der Waals surface area (Å²) in [6.07, 6.45) is 0. The van der Waals surface area contributed by atoms with E-state index in [4.69, 9.17) is 16.9 Å². The maximum atomic E-state index is 13.5. The zero-order chi connectivity index (χ0) is 15.6. The summed E-state index contributed by atoms with van der Waals surface area (Å²) in [7, 11) is -4.14. The summed E-state index contributed by atoms with van der Waals surface area (Å²) in [5.41, 5.74) is -0.421. The molecule has 21 heavy (non-hydrogen) atoms. The van der Waals surface area contributed by atoms with Gasteiger partial charge in [0, 0.05) is 4.47 Å². The predicted octanol–water partition coefficient (Wildman–Crippen LogP) is 3.91. The van der Waals surface area contributed by atoms with E-state index in [0.717, 1.165) is 12.1 Å². The van der Waals surface area contributed by atoms with Crippen LogP contribution in [0.1, 0.15) is 5.56 Å². The minimum atomic E-state index is -4.14. The molecule has 4 nitrogen and oxygen atoms in total. The molecule has 0 saturated carbocycles. The first-order valence-electron chi connectivity index (χ1n) is 5.51.